The number of non-ortho nitro benzene ring substituents is 1. The lowest BCUT2D eigenvalue weighted by molar-refractivity contribution is -0.384. The van der Waals surface area contributed by atoms with Gasteiger partial charge in [0.05, 0.1) is 23.5 Å². The molecule has 0 heterocycles. The van der Waals surface area contributed by atoms with E-state index in [4.69, 9.17) is 5.73 Å². The lowest BCUT2D eigenvalue weighted by atomic mass is 10.0. The minimum atomic E-state index is -1.03. The van der Waals surface area contributed by atoms with E-state index in [-0.39, 0.29) is 24.6 Å². The summed E-state index contributed by atoms with van der Waals surface area (Å²) in [5.41, 5.74) is 7.18. The van der Waals surface area contributed by atoms with Crippen LogP contribution in [-0.2, 0) is 11.2 Å². The van der Waals surface area contributed by atoms with Crippen molar-refractivity contribution in [1.82, 2.24) is 5.32 Å². The number of nitro benzene ring substituents is 1. The number of nitrogens with zero attached hydrogens (tertiary/aromatic N) is 1. The van der Waals surface area contributed by atoms with Crippen molar-refractivity contribution in [3.05, 3.63) is 75.8 Å². The summed E-state index contributed by atoms with van der Waals surface area (Å²) < 4.78 is 0. The molecule has 2 aromatic rings. The van der Waals surface area contributed by atoms with Crippen molar-refractivity contribution in [2.75, 3.05) is 6.54 Å². The van der Waals surface area contributed by atoms with Gasteiger partial charge in [0.15, 0.2) is 0 Å². The second-order valence-corrected chi connectivity index (χ2v) is 5.42. The summed E-state index contributed by atoms with van der Waals surface area (Å²) in [7, 11) is 0. The molecule has 0 aliphatic heterocycles. The quantitative estimate of drug-likeness (QED) is 0.523. The third-order valence-corrected chi connectivity index (χ3v) is 3.59. The maximum atomic E-state index is 11.9. The van der Waals surface area contributed by atoms with E-state index in [1.807, 2.05) is 30.3 Å². The average Bonchev–Trinajstić information content (AvgIpc) is 2.60. The van der Waals surface area contributed by atoms with Gasteiger partial charge in [-0.15, -0.1) is 0 Å². The Bertz CT molecular complexity index is 689. The number of benzene rings is 2. The van der Waals surface area contributed by atoms with Gasteiger partial charge in [-0.2, -0.15) is 0 Å². The maximum absolute atomic E-state index is 11.9. The molecule has 0 saturated heterocycles. The largest absolute Gasteiger partial charge is 0.387 e. The summed E-state index contributed by atoms with van der Waals surface area (Å²) in [6, 6.07) is 14.1. The van der Waals surface area contributed by atoms with Crippen LogP contribution < -0.4 is 11.1 Å². The molecule has 1 amide bonds. The molecule has 0 aromatic heterocycles. The lowest BCUT2D eigenvalue weighted by Gasteiger charge is -2.19. The Morgan fingerprint density at radius 2 is 1.79 bits per heavy atom. The highest BCUT2D eigenvalue weighted by Crippen LogP contribution is 2.19. The van der Waals surface area contributed by atoms with Crippen LogP contribution in [0.4, 0.5) is 5.69 Å². The zero-order chi connectivity index (χ0) is 17.5. The van der Waals surface area contributed by atoms with E-state index >= 15 is 0 Å². The van der Waals surface area contributed by atoms with E-state index < -0.39 is 17.1 Å². The summed E-state index contributed by atoms with van der Waals surface area (Å²) in [5.74, 6) is -0.187. The number of aliphatic hydroxyl groups is 1. The second kappa shape index (κ2) is 8.19. The minimum Gasteiger partial charge on any atom is -0.387 e. The van der Waals surface area contributed by atoms with Gasteiger partial charge in [-0.25, -0.2) is 0 Å². The van der Waals surface area contributed by atoms with Gasteiger partial charge in [-0.3, -0.25) is 14.9 Å². The van der Waals surface area contributed by atoms with Crippen LogP contribution in [0.15, 0.2) is 54.6 Å². The van der Waals surface area contributed by atoms with Crippen molar-refractivity contribution in [3.8, 4) is 0 Å². The van der Waals surface area contributed by atoms with Gasteiger partial charge in [0.25, 0.3) is 5.69 Å². The fourth-order valence-corrected chi connectivity index (χ4v) is 2.23. The Morgan fingerprint density at radius 1 is 1.17 bits per heavy atom. The molecule has 0 bridgehead atoms. The number of carbonyl (C=O) groups excluding carboxylic acids is 1. The first-order valence-electron chi connectivity index (χ1n) is 7.46. The predicted molar refractivity (Wildman–Crippen MR) is 89.2 cm³/mol. The Labute approximate surface area is 139 Å². The van der Waals surface area contributed by atoms with Crippen LogP contribution in [0.3, 0.4) is 0 Å². The first kappa shape index (κ1) is 17.6. The molecule has 0 unspecified atom stereocenters. The molecule has 0 aliphatic rings. The van der Waals surface area contributed by atoms with Crippen molar-refractivity contribution < 1.29 is 14.8 Å². The number of nitrogens with two attached hydrogens (primary N) is 1. The van der Waals surface area contributed by atoms with Crippen molar-refractivity contribution in [1.29, 1.82) is 0 Å². The molecular weight excluding hydrogens is 310 g/mol. The number of hydrogen-bond acceptors (Lipinski definition) is 5. The van der Waals surface area contributed by atoms with E-state index in [2.05, 4.69) is 5.32 Å². The van der Waals surface area contributed by atoms with Crippen LogP contribution in [0.1, 0.15) is 17.2 Å². The fraction of sp³-hybridized carbons (Fsp3) is 0.235. The van der Waals surface area contributed by atoms with Crippen LogP contribution >= 0.6 is 0 Å². The van der Waals surface area contributed by atoms with E-state index in [1.165, 1.54) is 24.3 Å². The Morgan fingerprint density at radius 3 is 2.38 bits per heavy atom. The van der Waals surface area contributed by atoms with Crippen LogP contribution in [0.2, 0.25) is 0 Å². The molecule has 24 heavy (non-hydrogen) atoms. The minimum absolute atomic E-state index is 0.0596. The third kappa shape index (κ3) is 4.87. The molecule has 0 aliphatic carbocycles. The van der Waals surface area contributed by atoms with Crippen molar-refractivity contribution in [3.63, 3.8) is 0 Å². The molecule has 2 rings (SSSR count). The Kier molecular flexibility index (Phi) is 6.00. The topological polar surface area (TPSA) is 118 Å². The van der Waals surface area contributed by atoms with Gasteiger partial charge in [0.2, 0.25) is 5.91 Å². The smallest absolute Gasteiger partial charge is 0.269 e. The summed E-state index contributed by atoms with van der Waals surface area (Å²) in [5, 5.41) is 23.5. The van der Waals surface area contributed by atoms with Crippen molar-refractivity contribution >= 4 is 11.6 Å². The van der Waals surface area contributed by atoms with Crippen LogP contribution in [0.25, 0.3) is 0 Å². The standard InChI is InChI=1S/C17H19N3O4/c18-15(11-19-16(21)10-12-4-2-1-3-5-12)17(22)13-6-8-14(9-7-13)20(23)24/h1-9,15,17,22H,10-11,18H2,(H,19,21)/t15-,17-/m0/s1. The average molecular weight is 329 g/mol. The Balaban J connectivity index is 1.85. The normalized spacial score (nSPS) is 13.1. The molecular formula is C17H19N3O4. The van der Waals surface area contributed by atoms with Crippen LogP contribution in [0.5, 0.6) is 0 Å². The molecule has 2 atom stereocenters. The van der Waals surface area contributed by atoms with Crippen LogP contribution in [0, 0.1) is 10.1 Å². The number of hydrogen-bond donors (Lipinski definition) is 3. The summed E-state index contributed by atoms with van der Waals surface area (Å²) >= 11 is 0. The number of aliphatic hydroxyl groups excluding tert-OH is 1. The molecule has 7 nitrogen and oxygen atoms in total. The fourth-order valence-electron chi connectivity index (χ4n) is 2.23. The summed E-state index contributed by atoms with van der Waals surface area (Å²) in [6.07, 6.45) is -0.788. The van der Waals surface area contributed by atoms with Crippen molar-refractivity contribution in [2.45, 2.75) is 18.6 Å². The van der Waals surface area contributed by atoms with E-state index in [9.17, 15) is 20.0 Å². The lowest BCUT2D eigenvalue weighted by Crippen LogP contribution is -2.41. The SMILES string of the molecule is N[C@@H](CNC(=O)Cc1ccccc1)[C@@H](O)c1ccc([N+](=O)[O-])cc1. The number of carbonyl (C=O) groups is 1. The number of nitrogens with one attached hydrogen (secondary N) is 1. The highest BCUT2D eigenvalue weighted by atomic mass is 16.6. The summed E-state index contributed by atoms with van der Waals surface area (Å²) in [4.78, 5) is 22.0. The maximum Gasteiger partial charge on any atom is 0.269 e. The van der Waals surface area contributed by atoms with Crippen LogP contribution in [-0.4, -0.2) is 28.5 Å². The zero-order valence-electron chi connectivity index (χ0n) is 13.0. The first-order valence-corrected chi connectivity index (χ1v) is 7.46. The van der Waals surface area contributed by atoms with E-state index in [1.54, 1.807) is 0 Å². The van der Waals surface area contributed by atoms with Gasteiger partial charge in [-0.05, 0) is 23.3 Å². The molecule has 0 radical (unpaired) electrons. The molecule has 2 aromatic carbocycles. The van der Waals surface area contributed by atoms with E-state index in [0.717, 1.165) is 5.56 Å². The molecule has 4 N–H and O–H groups in total. The van der Waals surface area contributed by atoms with Gasteiger partial charge < -0.3 is 16.2 Å². The predicted octanol–water partition coefficient (Wildman–Crippen LogP) is 1.31. The Hall–Kier alpha value is -2.77. The molecule has 7 heteroatoms. The number of rotatable bonds is 7. The van der Waals surface area contributed by atoms with Gasteiger partial charge in [-0.1, -0.05) is 30.3 Å². The highest BCUT2D eigenvalue weighted by molar-refractivity contribution is 5.78. The number of nitro groups is 1. The highest BCUT2D eigenvalue weighted by Gasteiger charge is 2.18. The van der Waals surface area contributed by atoms with Gasteiger partial charge in [0.1, 0.15) is 0 Å². The molecule has 0 fully saturated rings. The van der Waals surface area contributed by atoms with Gasteiger partial charge >= 0.3 is 0 Å². The zero-order valence-corrected chi connectivity index (χ0v) is 13.0. The molecule has 0 spiro atoms. The number of amides is 1. The van der Waals surface area contributed by atoms with Gasteiger partial charge in [0, 0.05) is 18.7 Å². The van der Waals surface area contributed by atoms with Crippen molar-refractivity contribution in [2.24, 2.45) is 5.73 Å². The second-order valence-electron chi connectivity index (χ2n) is 5.42. The van der Waals surface area contributed by atoms with E-state index in [0.29, 0.717) is 5.56 Å². The first-order chi connectivity index (χ1) is 11.5. The molecule has 0 saturated carbocycles. The summed E-state index contributed by atoms with van der Waals surface area (Å²) in [6.45, 7) is 0.101. The monoisotopic (exact) mass is 329 g/mol. The third-order valence-electron chi connectivity index (χ3n) is 3.59. The molecule has 126 valence electrons.